The molecule has 7 heteroatoms. The van der Waals surface area contributed by atoms with Crippen LogP contribution in [0.4, 0.5) is 5.69 Å². The molecule has 1 heterocycles. The number of imide groups is 1. The monoisotopic (exact) mass is 422 g/mol. The molecular formula is C24H26N2O5. The van der Waals surface area contributed by atoms with Crippen LogP contribution in [-0.4, -0.2) is 41.2 Å². The fraction of sp³-hybridized carbons (Fsp3) is 0.333. The van der Waals surface area contributed by atoms with Gasteiger partial charge in [0.2, 0.25) is 0 Å². The lowest BCUT2D eigenvalue weighted by Crippen LogP contribution is -2.33. The number of amides is 3. The second-order valence-electron chi connectivity index (χ2n) is 8.23. The number of hydrogen-bond donors (Lipinski definition) is 1. The molecule has 162 valence electrons. The minimum absolute atomic E-state index is 0.109. The Balaban J connectivity index is 1.70. The first-order valence-electron chi connectivity index (χ1n) is 10.2. The summed E-state index contributed by atoms with van der Waals surface area (Å²) in [6, 6.07) is 9.85. The third kappa shape index (κ3) is 4.66. The van der Waals surface area contributed by atoms with Crippen LogP contribution in [0.3, 0.4) is 0 Å². The summed E-state index contributed by atoms with van der Waals surface area (Å²) < 4.78 is 5.29. The zero-order valence-electron chi connectivity index (χ0n) is 18.3. The third-order valence-corrected chi connectivity index (χ3v) is 5.05. The zero-order valence-corrected chi connectivity index (χ0v) is 18.3. The maximum Gasteiger partial charge on any atom is 0.338 e. The van der Waals surface area contributed by atoms with E-state index in [4.69, 9.17) is 4.74 Å². The Bertz CT molecular complexity index is 1070. The van der Waals surface area contributed by atoms with Crippen LogP contribution in [0.15, 0.2) is 36.4 Å². The molecule has 0 aromatic heterocycles. The number of anilines is 1. The number of carbonyl (C=O) groups excluding carboxylic acids is 4. The lowest BCUT2D eigenvalue weighted by Gasteiger charge is -2.15. The molecule has 7 nitrogen and oxygen atoms in total. The van der Waals surface area contributed by atoms with Crippen molar-refractivity contribution in [1.82, 2.24) is 4.90 Å². The zero-order chi connectivity index (χ0) is 22.9. The standard InChI is InChI=1S/C24H26N2O5/c1-13(2)12-26-22(28)18-8-7-17(11-19(18)23(26)29)24(30)31-16(5)21(27)25-20-9-6-14(3)10-15(20)4/h6-11,13,16H,12H2,1-5H3,(H,25,27)/t16-/m0/s1. The van der Waals surface area contributed by atoms with Gasteiger partial charge < -0.3 is 10.1 Å². The molecule has 31 heavy (non-hydrogen) atoms. The average molecular weight is 422 g/mol. The van der Waals surface area contributed by atoms with E-state index >= 15 is 0 Å². The minimum atomic E-state index is -1.05. The molecule has 2 aromatic carbocycles. The summed E-state index contributed by atoms with van der Waals surface area (Å²) in [7, 11) is 0. The summed E-state index contributed by atoms with van der Waals surface area (Å²) in [5, 5.41) is 2.75. The van der Waals surface area contributed by atoms with Crippen LogP contribution in [-0.2, 0) is 9.53 Å². The summed E-state index contributed by atoms with van der Waals surface area (Å²) in [6.07, 6.45) is -1.05. The van der Waals surface area contributed by atoms with Crippen molar-refractivity contribution in [2.24, 2.45) is 5.92 Å². The second kappa shape index (κ2) is 8.71. The van der Waals surface area contributed by atoms with Crippen LogP contribution in [0.25, 0.3) is 0 Å². The van der Waals surface area contributed by atoms with Crippen molar-refractivity contribution < 1.29 is 23.9 Å². The van der Waals surface area contributed by atoms with Crippen LogP contribution >= 0.6 is 0 Å². The molecule has 0 bridgehead atoms. The molecule has 1 aliphatic heterocycles. The highest BCUT2D eigenvalue weighted by Crippen LogP contribution is 2.25. The van der Waals surface area contributed by atoms with Crippen molar-refractivity contribution in [3.8, 4) is 0 Å². The minimum Gasteiger partial charge on any atom is -0.449 e. The Morgan fingerprint density at radius 3 is 2.29 bits per heavy atom. The van der Waals surface area contributed by atoms with E-state index in [1.54, 1.807) is 6.07 Å². The van der Waals surface area contributed by atoms with E-state index < -0.39 is 23.9 Å². The van der Waals surface area contributed by atoms with Gasteiger partial charge in [-0.05, 0) is 56.5 Å². The fourth-order valence-corrected chi connectivity index (χ4v) is 3.42. The van der Waals surface area contributed by atoms with Crippen molar-refractivity contribution >= 4 is 29.4 Å². The van der Waals surface area contributed by atoms with Gasteiger partial charge >= 0.3 is 5.97 Å². The number of nitrogens with one attached hydrogen (secondary N) is 1. The summed E-state index contributed by atoms with van der Waals surface area (Å²) >= 11 is 0. The molecule has 0 radical (unpaired) electrons. The summed E-state index contributed by atoms with van der Waals surface area (Å²) in [5.74, 6) is -1.87. The van der Waals surface area contributed by atoms with Gasteiger partial charge in [0.1, 0.15) is 0 Å². The SMILES string of the molecule is Cc1ccc(NC(=O)[C@H](C)OC(=O)c2ccc3c(c2)C(=O)N(CC(C)C)C3=O)c(C)c1. The molecular weight excluding hydrogens is 396 g/mol. The largest absolute Gasteiger partial charge is 0.449 e. The number of aryl methyl sites for hydroxylation is 2. The first-order valence-corrected chi connectivity index (χ1v) is 10.2. The van der Waals surface area contributed by atoms with E-state index in [-0.39, 0.29) is 28.5 Å². The number of esters is 1. The molecule has 0 fully saturated rings. The summed E-state index contributed by atoms with van der Waals surface area (Å²) in [4.78, 5) is 51.2. The molecule has 3 rings (SSSR count). The number of fused-ring (bicyclic) bond motifs is 1. The average Bonchev–Trinajstić information content (AvgIpc) is 2.94. The molecule has 0 spiro atoms. The van der Waals surface area contributed by atoms with Gasteiger partial charge in [-0.3, -0.25) is 19.3 Å². The normalized spacial score (nSPS) is 13.9. The maximum absolute atomic E-state index is 12.6. The Hall–Kier alpha value is -3.48. The van der Waals surface area contributed by atoms with Crippen LogP contribution < -0.4 is 5.32 Å². The first kappa shape index (κ1) is 22.2. The molecule has 0 saturated heterocycles. The lowest BCUT2D eigenvalue weighted by atomic mass is 10.1. The van der Waals surface area contributed by atoms with Crippen molar-refractivity contribution in [3.63, 3.8) is 0 Å². The first-order chi connectivity index (χ1) is 14.6. The molecule has 1 atom stereocenters. The van der Waals surface area contributed by atoms with Crippen LogP contribution in [0.5, 0.6) is 0 Å². The van der Waals surface area contributed by atoms with Gasteiger partial charge in [-0.15, -0.1) is 0 Å². The van der Waals surface area contributed by atoms with Crippen molar-refractivity contribution in [3.05, 3.63) is 64.2 Å². The Morgan fingerprint density at radius 2 is 1.65 bits per heavy atom. The summed E-state index contributed by atoms with van der Waals surface area (Å²) in [6.45, 7) is 9.45. The second-order valence-corrected chi connectivity index (χ2v) is 8.23. The number of hydrogen-bond acceptors (Lipinski definition) is 5. The Kier molecular flexibility index (Phi) is 6.24. The molecule has 1 N–H and O–H groups in total. The predicted molar refractivity (Wildman–Crippen MR) is 116 cm³/mol. The van der Waals surface area contributed by atoms with Crippen LogP contribution in [0.1, 0.15) is 63.0 Å². The van der Waals surface area contributed by atoms with Gasteiger partial charge in [-0.25, -0.2) is 4.79 Å². The topological polar surface area (TPSA) is 92.8 Å². The highest BCUT2D eigenvalue weighted by molar-refractivity contribution is 6.22. The van der Waals surface area contributed by atoms with Crippen molar-refractivity contribution in [1.29, 1.82) is 0 Å². The number of rotatable bonds is 6. The van der Waals surface area contributed by atoms with E-state index in [1.165, 1.54) is 30.0 Å². The van der Waals surface area contributed by atoms with Crippen molar-refractivity contribution in [2.75, 3.05) is 11.9 Å². The Morgan fingerprint density at radius 1 is 0.968 bits per heavy atom. The van der Waals surface area contributed by atoms with E-state index in [0.717, 1.165) is 11.1 Å². The number of benzene rings is 2. The molecule has 1 aliphatic rings. The van der Waals surface area contributed by atoms with Crippen molar-refractivity contribution in [2.45, 2.75) is 40.7 Å². The molecule has 0 unspecified atom stereocenters. The third-order valence-electron chi connectivity index (χ3n) is 5.05. The van der Waals surface area contributed by atoms with E-state index in [9.17, 15) is 19.2 Å². The number of ether oxygens (including phenoxy) is 1. The maximum atomic E-state index is 12.6. The van der Waals surface area contributed by atoms with Gasteiger partial charge in [0, 0.05) is 12.2 Å². The van der Waals surface area contributed by atoms with E-state index in [0.29, 0.717) is 12.2 Å². The van der Waals surface area contributed by atoms with Gasteiger partial charge in [0.05, 0.1) is 16.7 Å². The van der Waals surface area contributed by atoms with Gasteiger partial charge in [0.25, 0.3) is 17.7 Å². The van der Waals surface area contributed by atoms with Gasteiger partial charge in [-0.1, -0.05) is 31.5 Å². The highest BCUT2D eigenvalue weighted by Gasteiger charge is 2.36. The molecule has 2 aromatic rings. The van der Waals surface area contributed by atoms with Gasteiger partial charge in [0.15, 0.2) is 6.10 Å². The quantitative estimate of drug-likeness (QED) is 0.565. The Labute approximate surface area is 181 Å². The predicted octanol–water partition coefficient (Wildman–Crippen LogP) is 3.74. The number of carbonyl (C=O) groups is 4. The molecule has 0 saturated carbocycles. The molecule has 3 amide bonds. The fourth-order valence-electron chi connectivity index (χ4n) is 3.42. The summed E-state index contributed by atoms with van der Waals surface area (Å²) in [5.41, 5.74) is 3.17. The lowest BCUT2D eigenvalue weighted by molar-refractivity contribution is -0.123. The van der Waals surface area contributed by atoms with Gasteiger partial charge in [-0.2, -0.15) is 0 Å². The van der Waals surface area contributed by atoms with E-state index in [1.807, 2.05) is 39.8 Å². The van der Waals surface area contributed by atoms with E-state index in [2.05, 4.69) is 5.32 Å². The molecule has 0 aliphatic carbocycles. The van der Waals surface area contributed by atoms with Crippen LogP contribution in [0.2, 0.25) is 0 Å². The van der Waals surface area contributed by atoms with Crippen LogP contribution in [0, 0.1) is 19.8 Å². The highest BCUT2D eigenvalue weighted by atomic mass is 16.5. The number of nitrogens with zero attached hydrogens (tertiary/aromatic N) is 1. The smallest absolute Gasteiger partial charge is 0.338 e.